The van der Waals surface area contributed by atoms with Crippen LogP contribution in [0.2, 0.25) is 0 Å². The molecule has 0 amide bonds. The summed E-state index contributed by atoms with van der Waals surface area (Å²) in [5, 5.41) is 0. The first kappa shape index (κ1) is 11.4. The lowest BCUT2D eigenvalue weighted by Gasteiger charge is -2.07. The first-order valence-corrected chi connectivity index (χ1v) is 5.88. The zero-order valence-corrected chi connectivity index (χ0v) is 10.9. The molecule has 82 valence electrons. The van der Waals surface area contributed by atoms with Gasteiger partial charge in [-0.3, -0.25) is 0 Å². The minimum absolute atomic E-state index is 0.218. The molecule has 0 spiro atoms. The van der Waals surface area contributed by atoms with Gasteiger partial charge in [0.25, 0.3) is 0 Å². The minimum atomic E-state index is -0.218. The van der Waals surface area contributed by atoms with Crippen LogP contribution in [0.1, 0.15) is 0 Å². The van der Waals surface area contributed by atoms with Gasteiger partial charge in [0.2, 0.25) is 0 Å². The molecule has 0 heterocycles. The highest BCUT2D eigenvalue weighted by Crippen LogP contribution is 2.28. The number of ether oxygens (including phenoxy) is 1. The SMILES string of the molecule is COc1ccc(-c2cccc(F)c2)c(I)c1. The average Bonchev–Trinajstić information content (AvgIpc) is 2.28. The van der Waals surface area contributed by atoms with E-state index in [2.05, 4.69) is 22.6 Å². The molecule has 0 aliphatic heterocycles. The van der Waals surface area contributed by atoms with Gasteiger partial charge in [0.15, 0.2) is 0 Å². The number of benzene rings is 2. The third kappa shape index (κ3) is 2.35. The van der Waals surface area contributed by atoms with Crippen LogP contribution in [0.5, 0.6) is 5.75 Å². The molecule has 0 radical (unpaired) electrons. The normalized spacial score (nSPS) is 10.2. The summed E-state index contributed by atoms with van der Waals surface area (Å²) in [5.41, 5.74) is 1.90. The van der Waals surface area contributed by atoms with Gasteiger partial charge < -0.3 is 4.74 Å². The maximum Gasteiger partial charge on any atom is 0.123 e. The van der Waals surface area contributed by atoms with Gasteiger partial charge in [-0.25, -0.2) is 4.39 Å². The zero-order valence-electron chi connectivity index (χ0n) is 8.71. The Balaban J connectivity index is 2.48. The van der Waals surface area contributed by atoms with E-state index in [1.54, 1.807) is 13.2 Å². The maximum absolute atomic E-state index is 13.1. The van der Waals surface area contributed by atoms with E-state index in [0.717, 1.165) is 20.4 Å². The number of rotatable bonds is 2. The molecule has 0 aromatic heterocycles. The van der Waals surface area contributed by atoms with Crippen molar-refractivity contribution in [3.05, 3.63) is 51.9 Å². The van der Waals surface area contributed by atoms with Crippen molar-refractivity contribution in [2.24, 2.45) is 0 Å². The predicted molar refractivity (Wildman–Crippen MR) is 71.1 cm³/mol. The molecule has 0 N–H and O–H groups in total. The first-order valence-electron chi connectivity index (χ1n) is 4.80. The van der Waals surface area contributed by atoms with Crippen molar-refractivity contribution in [2.75, 3.05) is 7.11 Å². The fourth-order valence-electron chi connectivity index (χ4n) is 1.51. The Hall–Kier alpha value is -1.10. The monoisotopic (exact) mass is 328 g/mol. The van der Waals surface area contributed by atoms with Gasteiger partial charge >= 0.3 is 0 Å². The Morgan fingerprint density at radius 1 is 1.12 bits per heavy atom. The van der Waals surface area contributed by atoms with Gasteiger partial charge in [-0.05, 0) is 64.0 Å². The Morgan fingerprint density at radius 3 is 2.56 bits per heavy atom. The van der Waals surface area contributed by atoms with Gasteiger partial charge in [0, 0.05) is 3.57 Å². The molecule has 2 rings (SSSR count). The molecular formula is C13H10FIO. The van der Waals surface area contributed by atoms with Gasteiger partial charge in [0.1, 0.15) is 11.6 Å². The van der Waals surface area contributed by atoms with Crippen LogP contribution in [0, 0.1) is 9.39 Å². The average molecular weight is 328 g/mol. The van der Waals surface area contributed by atoms with E-state index in [-0.39, 0.29) is 5.82 Å². The summed E-state index contributed by atoms with van der Waals surface area (Å²) >= 11 is 2.22. The van der Waals surface area contributed by atoms with E-state index in [1.807, 2.05) is 24.3 Å². The second kappa shape index (κ2) is 4.82. The highest BCUT2D eigenvalue weighted by molar-refractivity contribution is 14.1. The molecule has 0 fully saturated rings. The third-order valence-electron chi connectivity index (χ3n) is 2.31. The van der Waals surface area contributed by atoms with Crippen LogP contribution in [0.15, 0.2) is 42.5 Å². The lowest BCUT2D eigenvalue weighted by Crippen LogP contribution is -1.87. The minimum Gasteiger partial charge on any atom is -0.497 e. The van der Waals surface area contributed by atoms with Crippen molar-refractivity contribution < 1.29 is 9.13 Å². The molecule has 2 aromatic rings. The molecule has 0 bridgehead atoms. The van der Waals surface area contributed by atoms with Crippen molar-refractivity contribution in [2.45, 2.75) is 0 Å². The molecule has 1 nitrogen and oxygen atoms in total. The van der Waals surface area contributed by atoms with Crippen LogP contribution in [-0.2, 0) is 0 Å². The molecular weight excluding hydrogens is 318 g/mol. The van der Waals surface area contributed by atoms with Crippen molar-refractivity contribution in [3.63, 3.8) is 0 Å². The van der Waals surface area contributed by atoms with Crippen LogP contribution in [0.25, 0.3) is 11.1 Å². The van der Waals surface area contributed by atoms with Crippen molar-refractivity contribution in [1.29, 1.82) is 0 Å². The first-order chi connectivity index (χ1) is 7.70. The molecule has 2 aromatic carbocycles. The molecule has 16 heavy (non-hydrogen) atoms. The number of hydrogen-bond donors (Lipinski definition) is 0. The summed E-state index contributed by atoms with van der Waals surface area (Å²) in [6, 6.07) is 12.3. The Bertz CT molecular complexity index is 511. The predicted octanol–water partition coefficient (Wildman–Crippen LogP) is 4.11. The van der Waals surface area contributed by atoms with Crippen molar-refractivity contribution in [1.82, 2.24) is 0 Å². The molecule has 0 saturated heterocycles. The zero-order chi connectivity index (χ0) is 11.5. The van der Waals surface area contributed by atoms with Gasteiger partial charge in [-0.15, -0.1) is 0 Å². The Kier molecular flexibility index (Phi) is 3.43. The van der Waals surface area contributed by atoms with Gasteiger partial charge in [-0.1, -0.05) is 12.1 Å². The van der Waals surface area contributed by atoms with E-state index in [4.69, 9.17) is 4.74 Å². The summed E-state index contributed by atoms with van der Waals surface area (Å²) in [5.74, 6) is 0.591. The van der Waals surface area contributed by atoms with E-state index in [9.17, 15) is 4.39 Å². The van der Waals surface area contributed by atoms with Gasteiger partial charge in [-0.2, -0.15) is 0 Å². The fourth-order valence-corrected chi connectivity index (χ4v) is 2.31. The van der Waals surface area contributed by atoms with Crippen LogP contribution in [0.4, 0.5) is 4.39 Å². The highest BCUT2D eigenvalue weighted by atomic mass is 127. The van der Waals surface area contributed by atoms with Crippen molar-refractivity contribution >= 4 is 22.6 Å². The van der Waals surface area contributed by atoms with Crippen LogP contribution >= 0.6 is 22.6 Å². The standard InChI is InChI=1S/C13H10FIO/c1-16-11-5-6-12(13(15)8-11)9-3-2-4-10(14)7-9/h2-8H,1H3. The van der Waals surface area contributed by atoms with Crippen LogP contribution in [0.3, 0.4) is 0 Å². The Morgan fingerprint density at radius 2 is 1.94 bits per heavy atom. The fraction of sp³-hybridized carbons (Fsp3) is 0.0769. The van der Waals surface area contributed by atoms with E-state index in [1.165, 1.54) is 12.1 Å². The second-order valence-corrected chi connectivity index (χ2v) is 4.52. The second-order valence-electron chi connectivity index (χ2n) is 3.36. The lowest BCUT2D eigenvalue weighted by molar-refractivity contribution is 0.414. The molecule has 3 heteroatoms. The quantitative estimate of drug-likeness (QED) is 0.754. The van der Waals surface area contributed by atoms with Crippen LogP contribution in [-0.4, -0.2) is 7.11 Å². The molecule has 0 aliphatic rings. The Labute approximate surface area is 107 Å². The van der Waals surface area contributed by atoms with Gasteiger partial charge in [0.05, 0.1) is 7.11 Å². The van der Waals surface area contributed by atoms with E-state index < -0.39 is 0 Å². The number of halogens is 2. The van der Waals surface area contributed by atoms with E-state index in [0.29, 0.717) is 0 Å². The van der Waals surface area contributed by atoms with Crippen LogP contribution < -0.4 is 4.74 Å². The number of hydrogen-bond acceptors (Lipinski definition) is 1. The topological polar surface area (TPSA) is 9.23 Å². The summed E-state index contributed by atoms with van der Waals surface area (Å²) in [4.78, 5) is 0. The summed E-state index contributed by atoms with van der Waals surface area (Å²) in [6.45, 7) is 0. The third-order valence-corrected chi connectivity index (χ3v) is 3.20. The highest BCUT2D eigenvalue weighted by Gasteiger charge is 2.05. The van der Waals surface area contributed by atoms with Crippen molar-refractivity contribution in [3.8, 4) is 16.9 Å². The molecule has 0 atom stereocenters. The largest absolute Gasteiger partial charge is 0.497 e. The van der Waals surface area contributed by atoms with E-state index >= 15 is 0 Å². The summed E-state index contributed by atoms with van der Waals surface area (Å²) < 4.78 is 19.3. The smallest absolute Gasteiger partial charge is 0.123 e. The number of methoxy groups -OCH3 is 1. The molecule has 0 unspecified atom stereocenters. The molecule has 0 saturated carbocycles. The summed E-state index contributed by atoms with van der Waals surface area (Å²) in [7, 11) is 1.63. The molecule has 0 aliphatic carbocycles. The lowest BCUT2D eigenvalue weighted by atomic mass is 10.1. The summed E-state index contributed by atoms with van der Waals surface area (Å²) in [6.07, 6.45) is 0. The maximum atomic E-state index is 13.1.